The molecule has 1 N–H and O–H groups in total. The van der Waals surface area contributed by atoms with E-state index < -0.39 is 0 Å². The van der Waals surface area contributed by atoms with Crippen LogP contribution in [-0.4, -0.2) is 55.8 Å². The number of rotatable bonds is 3. The third-order valence-electron chi connectivity index (χ3n) is 4.31. The van der Waals surface area contributed by atoms with Crippen molar-refractivity contribution in [2.24, 2.45) is 0 Å². The number of aromatic nitrogens is 3. The van der Waals surface area contributed by atoms with Gasteiger partial charge in [0.1, 0.15) is 5.65 Å². The van der Waals surface area contributed by atoms with Gasteiger partial charge in [-0.3, -0.25) is 4.79 Å². The maximum absolute atomic E-state index is 12.0. The zero-order chi connectivity index (χ0) is 16.5. The largest absolute Gasteiger partial charge is 0.378 e. The van der Waals surface area contributed by atoms with Gasteiger partial charge in [-0.05, 0) is 23.9 Å². The van der Waals surface area contributed by atoms with Crippen molar-refractivity contribution in [2.75, 3.05) is 31.2 Å². The minimum absolute atomic E-state index is 0.165. The molecule has 1 aliphatic rings. The van der Waals surface area contributed by atoms with Crippen LogP contribution >= 0.6 is 0 Å². The van der Waals surface area contributed by atoms with Crippen LogP contribution in [0.2, 0.25) is 0 Å². The quantitative estimate of drug-likeness (QED) is 0.725. The number of ether oxygens (including phenoxy) is 1. The van der Waals surface area contributed by atoms with Crippen LogP contribution in [0.5, 0.6) is 0 Å². The van der Waals surface area contributed by atoms with E-state index in [1.807, 2.05) is 18.5 Å². The molecule has 1 saturated heterocycles. The predicted molar refractivity (Wildman–Crippen MR) is 95.7 cm³/mol. The van der Waals surface area contributed by atoms with Gasteiger partial charge in [-0.2, -0.15) is 0 Å². The number of nitrogens with one attached hydrogen (secondary N) is 1. The molecule has 4 rings (SSSR count). The number of hydrogen-bond acceptors (Lipinski definition) is 4. The monoisotopic (exact) mass is 317 g/mol. The lowest BCUT2D eigenvalue weighted by atomic mass is 9.67. The number of H-pyrrole nitrogens is 1. The van der Waals surface area contributed by atoms with Crippen LogP contribution in [0.4, 0.5) is 5.69 Å². The van der Waals surface area contributed by atoms with E-state index in [1.165, 1.54) is 11.8 Å². The lowest BCUT2D eigenvalue weighted by molar-refractivity contribution is 0.122. The zero-order valence-electron chi connectivity index (χ0n) is 13.1. The summed E-state index contributed by atoms with van der Waals surface area (Å²) in [5, 5.41) is 0.993. The van der Waals surface area contributed by atoms with E-state index in [9.17, 15) is 4.79 Å². The van der Waals surface area contributed by atoms with Crippen LogP contribution in [0.25, 0.3) is 22.2 Å². The van der Waals surface area contributed by atoms with Gasteiger partial charge in [0.05, 0.1) is 25.1 Å². The van der Waals surface area contributed by atoms with Crippen LogP contribution in [0.1, 0.15) is 0 Å². The summed E-state index contributed by atoms with van der Waals surface area (Å²) in [5.41, 5.74) is 3.49. The van der Waals surface area contributed by atoms with Gasteiger partial charge in [0.15, 0.2) is 7.31 Å². The standard InChI is InChI=1S/C16H15B2N4O2/c17-18-22-2-1-11(7-15(22)23)14-10-20-16-13(14)8-12(9-19-16)21-3-5-24-6-4-21/h1-2,7-10H,3-6H2,(H,19,20). The lowest BCUT2D eigenvalue weighted by Crippen LogP contribution is -2.36. The van der Waals surface area contributed by atoms with Crippen molar-refractivity contribution < 1.29 is 4.74 Å². The van der Waals surface area contributed by atoms with Crippen molar-refractivity contribution >= 4 is 31.8 Å². The van der Waals surface area contributed by atoms with Gasteiger partial charge >= 0.3 is 0 Å². The average molecular weight is 317 g/mol. The average Bonchev–Trinajstić information content (AvgIpc) is 3.05. The molecule has 3 radical (unpaired) electrons. The summed E-state index contributed by atoms with van der Waals surface area (Å²) in [5.74, 6) is 0. The summed E-state index contributed by atoms with van der Waals surface area (Å²) < 4.78 is 6.75. The van der Waals surface area contributed by atoms with Crippen molar-refractivity contribution in [3.05, 3.63) is 47.1 Å². The Kier molecular flexibility index (Phi) is 3.90. The highest BCUT2D eigenvalue weighted by Crippen LogP contribution is 2.29. The molecule has 0 bridgehead atoms. The van der Waals surface area contributed by atoms with E-state index in [0.717, 1.165) is 54.2 Å². The number of anilines is 1. The molecule has 0 aromatic carbocycles. The Morgan fingerprint density at radius 3 is 2.88 bits per heavy atom. The zero-order valence-corrected chi connectivity index (χ0v) is 13.1. The lowest BCUT2D eigenvalue weighted by Gasteiger charge is -2.28. The molecule has 8 heteroatoms. The Morgan fingerprint density at radius 2 is 2.12 bits per heavy atom. The number of morpholine rings is 1. The van der Waals surface area contributed by atoms with E-state index >= 15 is 0 Å². The van der Waals surface area contributed by atoms with E-state index in [0.29, 0.717) is 0 Å². The normalized spacial score (nSPS) is 14.9. The Balaban J connectivity index is 1.78. The molecular weight excluding hydrogens is 302 g/mol. The first-order chi connectivity index (χ1) is 11.8. The fourth-order valence-electron chi connectivity index (χ4n) is 3.01. The van der Waals surface area contributed by atoms with Crippen molar-refractivity contribution in [3.63, 3.8) is 0 Å². The first kappa shape index (κ1) is 15.1. The third kappa shape index (κ3) is 2.63. The Morgan fingerprint density at radius 1 is 1.29 bits per heavy atom. The van der Waals surface area contributed by atoms with Crippen LogP contribution in [0, 0.1) is 0 Å². The molecule has 6 nitrogen and oxygen atoms in total. The molecule has 3 aromatic rings. The second-order valence-electron chi connectivity index (χ2n) is 5.70. The SMILES string of the molecule is [B][B]n1ccc(-c2c[nH]c3ncc(N4CCOCC4)cc23)cc1=O. The van der Waals surface area contributed by atoms with Crippen LogP contribution < -0.4 is 10.5 Å². The molecule has 0 atom stereocenters. The predicted octanol–water partition coefficient (Wildman–Crippen LogP) is 0.779. The molecular formula is C16H15B2N4O2. The van der Waals surface area contributed by atoms with Gasteiger partial charge in [-0.25, -0.2) is 4.98 Å². The molecule has 0 spiro atoms. The van der Waals surface area contributed by atoms with E-state index in [-0.39, 0.29) is 5.56 Å². The molecule has 3 aromatic heterocycles. The minimum Gasteiger partial charge on any atom is -0.378 e. The van der Waals surface area contributed by atoms with Gasteiger partial charge in [0.25, 0.3) is 0 Å². The fraction of sp³-hybridized carbons (Fsp3) is 0.250. The molecule has 4 heterocycles. The second-order valence-corrected chi connectivity index (χ2v) is 5.70. The summed E-state index contributed by atoms with van der Waals surface area (Å²) in [7, 11) is 6.67. The number of fused-ring (bicyclic) bond motifs is 1. The van der Waals surface area contributed by atoms with Crippen molar-refractivity contribution in [2.45, 2.75) is 0 Å². The Labute approximate surface area is 141 Å². The number of nitrogens with zero attached hydrogens (tertiary/aromatic N) is 3. The van der Waals surface area contributed by atoms with Crippen LogP contribution in [-0.2, 0) is 4.74 Å². The topological polar surface area (TPSA) is 63.1 Å². The molecule has 1 aliphatic heterocycles. The van der Waals surface area contributed by atoms with E-state index in [1.54, 1.807) is 12.3 Å². The maximum atomic E-state index is 12.0. The molecule has 0 aliphatic carbocycles. The summed E-state index contributed by atoms with van der Waals surface area (Å²) in [6.45, 7) is 3.17. The summed E-state index contributed by atoms with van der Waals surface area (Å²) in [6, 6.07) is 5.56. The summed E-state index contributed by atoms with van der Waals surface area (Å²) >= 11 is 0. The van der Waals surface area contributed by atoms with Crippen LogP contribution in [0.15, 0.2) is 41.6 Å². The fourth-order valence-corrected chi connectivity index (χ4v) is 3.01. The second kappa shape index (κ2) is 6.20. The summed E-state index contributed by atoms with van der Waals surface area (Å²) in [6.07, 6.45) is 5.41. The van der Waals surface area contributed by atoms with E-state index in [2.05, 4.69) is 20.9 Å². The molecule has 0 amide bonds. The number of pyridine rings is 2. The number of hydrogen-bond donors (Lipinski definition) is 1. The summed E-state index contributed by atoms with van der Waals surface area (Å²) in [4.78, 5) is 22.0. The van der Waals surface area contributed by atoms with Gasteiger partial charge < -0.3 is 19.1 Å². The molecule has 24 heavy (non-hydrogen) atoms. The van der Waals surface area contributed by atoms with E-state index in [4.69, 9.17) is 12.5 Å². The Bertz CT molecular complexity index is 931. The highest BCUT2D eigenvalue weighted by atomic mass is 16.5. The molecule has 0 unspecified atom stereocenters. The first-order valence-corrected chi connectivity index (χ1v) is 7.84. The highest BCUT2D eigenvalue weighted by Gasteiger charge is 2.14. The van der Waals surface area contributed by atoms with Crippen molar-refractivity contribution in [3.8, 4) is 11.1 Å². The first-order valence-electron chi connectivity index (χ1n) is 7.84. The van der Waals surface area contributed by atoms with Gasteiger partial charge in [0.2, 0.25) is 5.56 Å². The van der Waals surface area contributed by atoms with Crippen molar-refractivity contribution in [1.82, 2.24) is 14.4 Å². The van der Waals surface area contributed by atoms with Crippen LogP contribution in [0.3, 0.4) is 0 Å². The van der Waals surface area contributed by atoms with Gasteiger partial charge in [-0.15, -0.1) is 0 Å². The minimum atomic E-state index is -0.165. The third-order valence-corrected chi connectivity index (χ3v) is 4.31. The molecule has 0 saturated carbocycles. The molecule has 117 valence electrons. The maximum Gasteiger partial charge on any atom is 0.237 e. The van der Waals surface area contributed by atoms with Crippen molar-refractivity contribution in [1.29, 1.82) is 0 Å². The van der Waals surface area contributed by atoms with Gasteiger partial charge in [0, 0.05) is 44.0 Å². The van der Waals surface area contributed by atoms with Gasteiger partial charge in [-0.1, -0.05) is 0 Å². The smallest absolute Gasteiger partial charge is 0.237 e. The number of aromatic amines is 1. The molecule has 1 fully saturated rings. The Hall–Kier alpha value is -2.47. The highest BCUT2D eigenvalue weighted by molar-refractivity contribution is 6.88.